The van der Waals surface area contributed by atoms with Crippen molar-refractivity contribution in [1.29, 1.82) is 0 Å². The number of hydrogen-bond donors (Lipinski definition) is 0. The summed E-state index contributed by atoms with van der Waals surface area (Å²) < 4.78 is 12.8. The van der Waals surface area contributed by atoms with E-state index in [0.29, 0.717) is 0 Å². The Balaban J connectivity index is 3.02. The summed E-state index contributed by atoms with van der Waals surface area (Å²) in [6, 6.07) is 6.83. The summed E-state index contributed by atoms with van der Waals surface area (Å²) in [5.41, 5.74) is 1.28. The molecule has 0 radical (unpaired) electrons. The van der Waals surface area contributed by atoms with Crippen molar-refractivity contribution in [1.82, 2.24) is 0 Å². The average Bonchev–Trinajstić information content (AvgIpc) is 2.27. The normalized spacial score (nSPS) is 11.7. The lowest BCUT2D eigenvalue weighted by Crippen LogP contribution is -2.29. The lowest BCUT2D eigenvalue weighted by atomic mass is 9.80. The van der Waals surface area contributed by atoms with Gasteiger partial charge < -0.3 is 0 Å². The molecule has 0 unspecified atom stereocenters. The van der Waals surface area contributed by atoms with E-state index in [-0.39, 0.29) is 11.2 Å². The molecule has 0 aromatic heterocycles. The first-order valence-electron chi connectivity index (χ1n) is 5.06. The van der Waals surface area contributed by atoms with Crippen LogP contribution in [0.25, 0.3) is 0 Å². The van der Waals surface area contributed by atoms with Crippen LogP contribution >= 0.6 is 31.9 Å². The van der Waals surface area contributed by atoms with Gasteiger partial charge in [-0.15, -0.1) is 0 Å². The van der Waals surface area contributed by atoms with Crippen molar-refractivity contribution in [3.05, 3.63) is 35.6 Å². The van der Waals surface area contributed by atoms with E-state index in [2.05, 4.69) is 38.8 Å². The highest BCUT2D eigenvalue weighted by Gasteiger charge is 2.28. The van der Waals surface area contributed by atoms with Crippen molar-refractivity contribution in [3.63, 3.8) is 0 Å². The van der Waals surface area contributed by atoms with Crippen LogP contribution < -0.4 is 0 Å². The van der Waals surface area contributed by atoms with Crippen molar-refractivity contribution in [2.75, 3.05) is 10.7 Å². The molecule has 0 heterocycles. The summed E-state index contributed by atoms with van der Waals surface area (Å²) in [6.07, 6.45) is 2.21. The zero-order valence-electron chi connectivity index (χ0n) is 8.77. The highest BCUT2D eigenvalue weighted by atomic mass is 79.9. The molecule has 3 heteroatoms. The molecule has 1 rings (SSSR count). The maximum absolute atomic E-state index is 12.8. The van der Waals surface area contributed by atoms with Crippen molar-refractivity contribution >= 4 is 31.9 Å². The van der Waals surface area contributed by atoms with E-state index in [1.54, 1.807) is 0 Å². The van der Waals surface area contributed by atoms with Crippen LogP contribution in [-0.2, 0) is 5.41 Å². The van der Waals surface area contributed by atoms with Crippen LogP contribution in [0.5, 0.6) is 0 Å². The highest BCUT2D eigenvalue weighted by Crippen LogP contribution is 2.33. The quantitative estimate of drug-likeness (QED) is 0.686. The molecule has 0 aliphatic rings. The summed E-state index contributed by atoms with van der Waals surface area (Å²) in [4.78, 5) is 0. The second-order valence-electron chi connectivity index (χ2n) is 3.80. The van der Waals surface area contributed by atoms with E-state index in [1.807, 2.05) is 12.1 Å². The first kappa shape index (κ1) is 13.2. The third kappa shape index (κ3) is 3.04. The molecule has 0 atom stereocenters. The Labute approximate surface area is 108 Å². The topological polar surface area (TPSA) is 0 Å². The van der Waals surface area contributed by atoms with Gasteiger partial charge in [0.25, 0.3) is 0 Å². The predicted octanol–water partition coefficient (Wildman–Crippen LogP) is 4.65. The zero-order chi connectivity index (χ0) is 11.3. The van der Waals surface area contributed by atoms with Gasteiger partial charge >= 0.3 is 0 Å². The van der Waals surface area contributed by atoms with Crippen LogP contribution in [-0.4, -0.2) is 10.7 Å². The molecule has 0 spiro atoms. The minimum absolute atomic E-state index is 0.0858. The van der Waals surface area contributed by atoms with Gasteiger partial charge in [-0.2, -0.15) is 0 Å². The molecule has 0 saturated carbocycles. The molecule has 0 amide bonds. The van der Waals surface area contributed by atoms with E-state index in [4.69, 9.17) is 0 Å². The number of alkyl halides is 2. The van der Waals surface area contributed by atoms with Gasteiger partial charge in [-0.25, -0.2) is 4.39 Å². The lowest BCUT2D eigenvalue weighted by Gasteiger charge is -2.30. The second-order valence-corrected chi connectivity index (χ2v) is 4.93. The van der Waals surface area contributed by atoms with Crippen LogP contribution in [0.15, 0.2) is 24.3 Å². The molecule has 0 N–H and O–H groups in total. The first-order chi connectivity index (χ1) is 7.18. The molecule has 0 bridgehead atoms. The van der Waals surface area contributed by atoms with Gasteiger partial charge in [-0.1, -0.05) is 57.3 Å². The second kappa shape index (κ2) is 6.00. The Morgan fingerprint density at radius 1 is 1.13 bits per heavy atom. The van der Waals surface area contributed by atoms with E-state index in [9.17, 15) is 4.39 Å². The minimum atomic E-state index is -0.173. The summed E-state index contributed by atoms with van der Waals surface area (Å²) in [5, 5.41) is 1.79. The summed E-state index contributed by atoms with van der Waals surface area (Å²) in [6.45, 7) is 2.17. The Hall–Kier alpha value is 0.110. The summed E-state index contributed by atoms with van der Waals surface area (Å²) in [5.74, 6) is -0.173. The number of rotatable bonds is 5. The standard InChI is InChI=1S/C12H15Br2F/c1-2-7-12(8-13,9-14)10-3-5-11(15)6-4-10/h3-6H,2,7-9H2,1H3. The number of hydrogen-bond acceptors (Lipinski definition) is 0. The monoisotopic (exact) mass is 336 g/mol. The molecule has 0 saturated heterocycles. The fourth-order valence-electron chi connectivity index (χ4n) is 1.75. The number of benzene rings is 1. The van der Waals surface area contributed by atoms with Crippen molar-refractivity contribution in [2.24, 2.45) is 0 Å². The van der Waals surface area contributed by atoms with E-state index in [1.165, 1.54) is 17.7 Å². The molecular formula is C12H15Br2F. The maximum Gasteiger partial charge on any atom is 0.123 e. The van der Waals surface area contributed by atoms with Gasteiger partial charge in [0, 0.05) is 16.1 Å². The van der Waals surface area contributed by atoms with Crippen LogP contribution in [0, 0.1) is 5.82 Å². The average molecular weight is 338 g/mol. The van der Waals surface area contributed by atoms with Crippen LogP contribution in [0.2, 0.25) is 0 Å². The zero-order valence-corrected chi connectivity index (χ0v) is 11.9. The molecule has 0 nitrogen and oxygen atoms in total. The Morgan fingerprint density at radius 2 is 1.67 bits per heavy atom. The molecule has 0 aliphatic heterocycles. The summed E-state index contributed by atoms with van der Waals surface area (Å²) in [7, 11) is 0. The molecule has 1 aromatic rings. The van der Waals surface area contributed by atoms with E-state index < -0.39 is 0 Å². The molecule has 15 heavy (non-hydrogen) atoms. The van der Waals surface area contributed by atoms with Crippen LogP contribution in [0.4, 0.5) is 4.39 Å². The van der Waals surface area contributed by atoms with Crippen molar-refractivity contribution in [3.8, 4) is 0 Å². The molecule has 0 aliphatic carbocycles. The summed E-state index contributed by atoms with van der Waals surface area (Å²) >= 11 is 7.13. The first-order valence-corrected chi connectivity index (χ1v) is 7.31. The minimum Gasteiger partial charge on any atom is -0.207 e. The third-order valence-corrected chi connectivity index (χ3v) is 4.84. The van der Waals surface area contributed by atoms with E-state index >= 15 is 0 Å². The van der Waals surface area contributed by atoms with E-state index in [0.717, 1.165) is 23.5 Å². The van der Waals surface area contributed by atoms with Gasteiger partial charge in [0.15, 0.2) is 0 Å². The van der Waals surface area contributed by atoms with Gasteiger partial charge in [0.1, 0.15) is 5.82 Å². The van der Waals surface area contributed by atoms with Crippen molar-refractivity contribution in [2.45, 2.75) is 25.2 Å². The molecule has 1 aromatic carbocycles. The van der Waals surface area contributed by atoms with Crippen LogP contribution in [0.3, 0.4) is 0 Å². The van der Waals surface area contributed by atoms with Gasteiger partial charge in [0.05, 0.1) is 0 Å². The van der Waals surface area contributed by atoms with Gasteiger partial charge in [-0.3, -0.25) is 0 Å². The lowest BCUT2D eigenvalue weighted by molar-refractivity contribution is 0.496. The molecule has 84 valence electrons. The Bertz CT molecular complexity index is 291. The van der Waals surface area contributed by atoms with Gasteiger partial charge in [0.2, 0.25) is 0 Å². The highest BCUT2D eigenvalue weighted by molar-refractivity contribution is 9.09. The maximum atomic E-state index is 12.8. The molecule has 0 fully saturated rings. The predicted molar refractivity (Wildman–Crippen MR) is 70.6 cm³/mol. The third-order valence-electron chi connectivity index (χ3n) is 2.70. The molecular weight excluding hydrogens is 323 g/mol. The van der Waals surface area contributed by atoms with Crippen LogP contribution in [0.1, 0.15) is 25.3 Å². The SMILES string of the molecule is CCCC(CBr)(CBr)c1ccc(F)cc1. The number of halogens is 3. The Morgan fingerprint density at radius 3 is 2.07 bits per heavy atom. The Kier molecular flexibility index (Phi) is 5.27. The fourth-order valence-corrected chi connectivity index (χ4v) is 3.89. The van der Waals surface area contributed by atoms with Crippen molar-refractivity contribution < 1.29 is 4.39 Å². The smallest absolute Gasteiger partial charge is 0.123 e. The largest absolute Gasteiger partial charge is 0.207 e. The van der Waals surface area contributed by atoms with Gasteiger partial charge in [-0.05, 0) is 24.1 Å². The fraction of sp³-hybridized carbons (Fsp3) is 0.500.